The summed E-state index contributed by atoms with van der Waals surface area (Å²) in [5.74, 6) is 2.50. The summed E-state index contributed by atoms with van der Waals surface area (Å²) in [6.07, 6.45) is 1.27. The Kier molecular flexibility index (Phi) is 5.43. The first kappa shape index (κ1) is 15.0. The van der Waals surface area contributed by atoms with Gasteiger partial charge in [0.1, 0.15) is 0 Å². The number of nitrogens with one attached hydrogen (secondary N) is 1. The molecule has 1 heterocycles. The van der Waals surface area contributed by atoms with Crippen molar-refractivity contribution in [2.24, 2.45) is 0 Å². The highest BCUT2D eigenvalue weighted by Crippen LogP contribution is 2.29. The first-order chi connectivity index (χ1) is 9.08. The molecule has 1 atom stereocenters. The Hall–Kier alpha value is -0.380. The van der Waals surface area contributed by atoms with Crippen LogP contribution in [0.5, 0.6) is 0 Å². The lowest BCUT2D eigenvalue weighted by Gasteiger charge is -2.26. The molecule has 0 bridgehead atoms. The van der Waals surface area contributed by atoms with Crippen molar-refractivity contribution < 1.29 is 0 Å². The second-order valence-electron chi connectivity index (χ2n) is 5.44. The van der Waals surface area contributed by atoms with Gasteiger partial charge in [0.25, 0.3) is 0 Å². The van der Waals surface area contributed by atoms with Gasteiger partial charge in [0.05, 0.1) is 0 Å². The van der Waals surface area contributed by atoms with Gasteiger partial charge in [-0.2, -0.15) is 11.8 Å². The van der Waals surface area contributed by atoms with Crippen molar-refractivity contribution >= 4 is 29.1 Å². The molecule has 2 rings (SSSR count). The Morgan fingerprint density at radius 3 is 2.84 bits per heavy atom. The van der Waals surface area contributed by atoms with Gasteiger partial charge in [-0.1, -0.05) is 31.5 Å². The zero-order valence-electron chi connectivity index (χ0n) is 11.9. The molecular formula is C15H23ClN2S. The van der Waals surface area contributed by atoms with Crippen LogP contribution >= 0.6 is 23.4 Å². The number of benzene rings is 1. The second-order valence-corrected chi connectivity index (χ2v) is 7.00. The standard InChI is InChI=1S/C15H23ClN2S/c1-11(2)17-9-12-4-5-13(8-15(12)16)18(3)14-6-7-19-10-14/h4-5,8,11,14,17H,6-7,9-10H2,1-3H3. The molecule has 106 valence electrons. The van der Waals surface area contributed by atoms with Crippen molar-refractivity contribution in [3.63, 3.8) is 0 Å². The number of nitrogens with zero attached hydrogens (tertiary/aromatic N) is 1. The maximum absolute atomic E-state index is 6.39. The van der Waals surface area contributed by atoms with Crippen molar-refractivity contribution in [2.75, 3.05) is 23.5 Å². The van der Waals surface area contributed by atoms with E-state index >= 15 is 0 Å². The third-order valence-corrected chi connectivity index (χ3v) is 5.09. The van der Waals surface area contributed by atoms with E-state index in [9.17, 15) is 0 Å². The van der Waals surface area contributed by atoms with Crippen LogP contribution in [0.25, 0.3) is 0 Å². The maximum atomic E-state index is 6.39. The SMILES string of the molecule is CC(C)NCc1ccc(N(C)C2CCSC2)cc1Cl. The third-order valence-electron chi connectivity index (χ3n) is 3.60. The van der Waals surface area contributed by atoms with Crippen molar-refractivity contribution in [3.05, 3.63) is 28.8 Å². The molecule has 0 radical (unpaired) electrons. The summed E-state index contributed by atoms with van der Waals surface area (Å²) in [4.78, 5) is 2.37. The quantitative estimate of drug-likeness (QED) is 0.890. The van der Waals surface area contributed by atoms with E-state index in [2.05, 4.69) is 49.3 Å². The predicted molar refractivity (Wildman–Crippen MR) is 87.6 cm³/mol. The molecule has 0 spiro atoms. The molecule has 0 aliphatic carbocycles. The van der Waals surface area contributed by atoms with E-state index in [4.69, 9.17) is 11.6 Å². The monoisotopic (exact) mass is 298 g/mol. The van der Waals surface area contributed by atoms with Crippen LogP contribution in [0.15, 0.2) is 18.2 Å². The first-order valence-electron chi connectivity index (χ1n) is 6.90. The second kappa shape index (κ2) is 6.87. The molecule has 1 fully saturated rings. The first-order valence-corrected chi connectivity index (χ1v) is 8.43. The minimum atomic E-state index is 0.480. The summed E-state index contributed by atoms with van der Waals surface area (Å²) >= 11 is 8.43. The molecular weight excluding hydrogens is 276 g/mol. The lowest BCUT2D eigenvalue weighted by Crippen LogP contribution is -2.31. The summed E-state index contributed by atoms with van der Waals surface area (Å²) in [6.45, 7) is 5.13. The third kappa shape index (κ3) is 4.04. The zero-order valence-corrected chi connectivity index (χ0v) is 13.5. The number of anilines is 1. The normalized spacial score (nSPS) is 19.1. The number of hydrogen-bond acceptors (Lipinski definition) is 3. The van der Waals surface area contributed by atoms with E-state index in [1.807, 2.05) is 11.8 Å². The van der Waals surface area contributed by atoms with Crippen LogP contribution in [0, 0.1) is 0 Å². The van der Waals surface area contributed by atoms with Crippen molar-refractivity contribution in [3.8, 4) is 0 Å². The number of thioether (sulfide) groups is 1. The van der Waals surface area contributed by atoms with E-state index in [1.165, 1.54) is 29.2 Å². The Balaban J connectivity index is 2.05. The van der Waals surface area contributed by atoms with Gasteiger partial charge in [-0.05, 0) is 29.9 Å². The molecule has 1 aromatic carbocycles. The zero-order chi connectivity index (χ0) is 13.8. The molecule has 1 unspecified atom stereocenters. The van der Waals surface area contributed by atoms with Gasteiger partial charge in [-0.15, -0.1) is 0 Å². The summed E-state index contributed by atoms with van der Waals surface area (Å²) in [7, 11) is 2.17. The van der Waals surface area contributed by atoms with Crippen LogP contribution in [0.4, 0.5) is 5.69 Å². The van der Waals surface area contributed by atoms with E-state index in [0.717, 1.165) is 11.6 Å². The van der Waals surface area contributed by atoms with Gasteiger partial charge in [0.2, 0.25) is 0 Å². The van der Waals surface area contributed by atoms with Crippen LogP contribution in [0.1, 0.15) is 25.8 Å². The average molecular weight is 299 g/mol. The fraction of sp³-hybridized carbons (Fsp3) is 0.600. The van der Waals surface area contributed by atoms with Crippen molar-refractivity contribution in [1.29, 1.82) is 0 Å². The molecule has 1 aliphatic heterocycles. The smallest absolute Gasteiger partial charge is 0.0471 e. The van der Waals surface area contributed by atoms with E-state index in [-0.39, 0.29) is 0 Å². The Labute approximate surface area is 125 Å². The summed E-state index contributed by atoms with van der Waals surface area (Å²) in [5, 5.41) is 4.27. The van der Waals surface area contributed by atoms with Gasteiger partial charge in [0, 0.05) is 42.1 Å². The highest BCUT2D eigenvalue weighted by atomic mass is 35.5. The maximum Gasteiger partial charge on any atom is 0.0471 e. The lowest BCUT2D eigenvalue weighted by molar-refractivity contribution is 0.589. The van der Waals surface area contributed by atoms with E-state index < -0.39 is 0 Å². The predicted octanol–water partition coefficient (Wildman–Crippen LogP) is 3.78. The van der Waals surface area contributed by atoms with Gasteiger partial charge in [-0.3, -0.25) is 0 Å². The molecule has 19 heavy (non-hydrogen) atoms. The largest absolute Gasteiger partial charge is 0.371 e. The Morgan fingerprint density at radius 1 is 1.47 bits per heavy atom. The number of halogens is 1. The molecule has 1 aromatic rings. The summed E-state index contributed by atoms with van der Waals surface area (Å²) in [6, 6.07) is 7.56. The fourth-order valence-corrected chi connectivity index (χ4v) is 3.76. The Morgan fingerprint density at radius 2 is 2.26 bits per heavy atom. The molecule has 2 nitrogen and oxygen atoms in total. The van der Waals surface area contributed by atoms with Crippen molar-refractivity contribution in [1.82, 2.24) is 5.32 Å². The topological polar surface area (TPSA) is 15.3 Å². The summed E-state index contributed by atoms with van der Waals surface area (Å²) in [5.41, 5.74) is 2.40. The van der Waals surface area contributed by atoms with Crippen LogP contribution < -0.4 is 10.2 Å². The Bertz CT molecular complexity index is 417. The van der Waals surface area contributed by atoms with Crippen LogP contribution in [0.2, 0.25) is 5.02 Å². The molecule has 1 N–H and O–H groups in total. The van der Waals surface area contributed by atoms with Gasteiger partial charge in [-0.25, -0.2) is 0 Å². The van der Waals surface area contributed by atoms with Gasteiger partial charge < -0.3 is 10.2 Å². The van der Waals surface area contributed by atoms with E-state index in [0.29, 0.717) is 12.1 Å². The number of rotatable bonds is 5. The highest BCUT2D eigenvalue weighted by molar-refractivity contribution is 7.99. The molecule has 0 aromatic heterocycles. The molecule has 4 heteroatoms. The van der Waals surface area contributed by atoms with Gasteiger partial charge in [0.15, 0.2) is 0 Å². The minimum absolute atomic E-state index is 0.480. The van der Waals surface area contributed by atoms with Gasteiger partial charge >= 0.3 is 0 Å². The molecule has 1 aliphatic rings. The van der Waals surface area contributed by atoms with E-state index in [1.54, 1.807) is 0 Å². The average Bonchev–Trinajstić information content (AvgIpc) is 2.90. The van der Waals surface area contributed by atoms with Crippen molar-refractivity contribution in [2.45, 2.75) is 38.9 Å². The lowest BCUT2D eigenvalue weighted by atomic mass is 10.1. The minimum Gasteiger partial charge on any atom is -0.371 e. The molecule has 1 saturated heterocycles. The number of hydrogen-bond donors (Lipinski definition) is 1. The highest BCUT2D eigenvalue weighted by Gasteiger charge is 2.20. The molecule has 0 amide bonds. The fourth-order valence-electron chi connectivity index (χ4n) is 2.25. The van der Waals surface area contributed by atoms with Crippen LogP contribution in [-0.2, 0) is 6.54 Å². The van der Waals surface area contributed by atoms with Crippen LogP contribution in [0.3, 0.4) is 0 Å². The molecule has 0 saturated carbocycles. The summed E-state index contributed by atoms with van der Waals surface area (Å²) < 4.78 is 0. The van der Waals surface area contributed by atoms with Crippen LogP contribution in [-0.4, -0.2) is 30.6 Å².